The number of hydrogen-bond acceptors (Lipinski definition) is 4. The number of halogens is 1. The standard InChI is InChI=1S/C15H13BrN2O2S2/c1-9-3-5-11(6-4-9)12-7-8-13(21-12)22(19)18-15-14(16)10(2)17-20-15/h3-8,18H,1-2H3. The minimum Gasteiger partial charge on any atom is -0.336 e. The molecule has 114 valence electrons. The smallest absolute Gasteiger partial charge is 0.251 e. The van der Waals surface area contributed by atoms with Crippen LogP contribution in [0.3, 0.4) is 0 Å². The van der Waals surface area contributed by atoms with Gasteiger partial charge in [-0.1, -0.05) is 35.0 Å². The quantitative estimate of drug-likeness (QED) is 0.680. The molecule has 1 aromatic carbocycles. The molecular formula is C15H13BrN2O2S2. The molecule has 3 rings (SSSR count). The van der Waals surface area contributed by atoms with Gasteiger partial charge in [0, 0.05) is 4.88 Å². The maximum atomic E-state index is 12.4. The predicted molar refractivity (Wildman–Crippen MR) is 93.5 cm³/mol. The van der Waals surface area contributed by atoms with Crippen molar-refractivity contribution in [2.45, 2.75) is 18.1 Å². The molecule has 4 nitrogen and oxygen atoms in total. The Bertz CT molecular complexity index is 824. The van der Waals surface area contributed by atoms with E-state index in [4.69, 9.17) is 4.52 Å². The Labute approximate surface area is 143 Å². The van der Waals surface area contributed by atoms with Crippen molar-refractivity contribution in [1.29, 1.82) is 0 Å². The van der Waals surface area contributed by atoms with Gasteiger partial charge in [0.2, 0.25) is 0 Å². The van der Waals surface area contributed by atoms with Gasteiger partial charge in [-0.15, -0.1) is 11.3 Å². The molecule has 0 saturated heterocycles. The van der Waals surface area contributed by atoms with Crippen molar-refractivity contribution in [2.24, 2.45) is 0 Å². The topological polar surface area (TPSA) is 55.1 Å². The SMILES string of the molecule is Cc1ccc(-c2ccc(S(=O)Nc3onc(C)c3Br)s2)cc1. The van der Waals surface area contributed by atoms with Gasteiger partial charge < -0.3 is 4.52 Å². The first-order valence-corrected chi connectivity index (χ1v) is 9.27. The van der Waals surface area contributed by atoms with Gasteiger partial charge in [0.25, 0.3) is 5.88 Å². The van der Waals surface area contributed by atoms with Crippen molar-refractivity contribution in [2.75, 3.05) is 4.72 Å². The molecule has 0 saturated carbocycles. The lowest BCUT2D eigenvalue weighted by molar-refractivity contribution is 0.431. The third-order valence-electron chi connectivity index (χ3n) is 3.08. The van der Waals surface area contributed by atoms with E-state index < -0.39 is 11.0 Å². The number of thiophene rings is 1. The Morgan fingerprint density at radius 1 is 1.18 bits per heavy atom. The van der Waals surface area contributed by atoms with E-state index in [1.54, 1.807) is 0 Å². The summed E-state index contributed by atoms with van der Waals surface area (Å²) in [6.45, 7) is 3.86. The Hall–Kier alpha value is -1.44. The van der Waals surface area contributed by atoms with Gasteiger partial charge in [-0.3, -0.25) is 4.72 Å². The average molecular weight is 397 g/mol. The zero-order valence-corrected chi connectivity index (χ0v) is 15.1. The number of aryl methyl sites for hydroxylation is 2. The van der Waals surface area contributed by atoms with Crippen LogP contribution in [0.4, 0.5) is 5.88 Å². The number of hydrogen-bond donors (Lipinski definition) is 1. The molecular weight excluding hydrogens is 384 g/mol. The number of aromatic nitrogens is 1. The Kier molecular flexibility index (Phi) is 4.46. The van der Waals surface area contributed by atoms with Crippen LogP contribution < -0.4 is 4.72 Å². The fourth-order valence-electron chi connectivity index (χ4n) is 1.85. The first kappa shape index (κ1) is 15.5. The highest BCUT2D eigenvalue weighted by Crippen LogP contribution is 2.32. The molecule has 2 heterocycles. The summed E-state index contributed by atoms with van der Waals surface area (Å²) >= 11 is 4.84. The highest BCUT2D eigenvalue weighted by molar-refractivity contribution is 9.10. The predicted octanol–water partition coefficient (Wildman–Crippen LogP) is 4.92. The molecule has 22 heavy (non-hydrogen) atoms. The Morgan fingerprint density at radius 3 is 2.55 bits per heavy atom. The number of anilines is 1. The molecule has 0 fully saturated rings. The molecule has 1 unspecified atom stereocenters. The molecule has 1 atom stereocenters. The number of rotatable bonds is 4. The molecule has 0 aliphatic rings. The van der Waals surface area contributed by atoms with Gasteiger partial charge in [0.05, 0.1) is 5.69 Å². The van der Waals surface area contributed by atoms with Crippen molar-refractivity contribution in [3.63, 3.8) is 0 Å². The lowest BCUT2D eigenvalue weighted by Crippen LogP contribution is -2.02. The lowest BCUT2D eigenvalue weighted by atomic mass is 10.1. The van der Waals surface area contributed by atoms with Gasteiger partial charge in [0.15, 0.2) is 11.0 Å². The number of benzene rings is 1. The second kappa shape index (κ2) is 6.36. The maximum Gasteiger partial charge on any atom is 0.251 e. The molecule has 0 aliphatic heterocycles. The van der Waals surface area contributed by atoms with Crippen LogP contribution >= 0.6 is 27.3 Å². The normalized spacial score (nSPS) is 12.3. The molecule has 7 heteroatoms. The van der Waals surface area contributed by atoms with Gasteiger partial charge in [0.1, 0.15) is 8.68 Å². The van der Waals surface area contributed by atoms with E-state index in [0.717, 1.165) is 14.6 Å². The molecule has 0 spiro atoms. The zero-order valence-electron chi connectivity index (χ0n) is 11.9. The highest BCUT2D eigenvalue weighted by Gasteiger charge is 2.15. The Morgan fingerprint density at radius 2 is 1.91 bits per heavy atom. The van der Waals surface area contributed by atoms with Gasteiger partial charge in [-0.05, 0) is 47.5 Å². The van der Waals surface area contributed by atoms with Crippen molar-refractivity contribution in [1.82, 2.24) is 5.16 Å². The summed E-state index contributed by atoms with van der Waals surface area (Å²) in [6.07, 6.45) is 0. The van der Waals surface area contributed by atoms with Gasteiger partial charge in [-0.2, -0.15) is 0 Å². The van der Waals surface area contributed by atoms with E-state index >= 15 is 0 Å². The summed E-state index contributed by atoms with van der Waals surface area (Å²) in [6, 6.07) is 12.1. The van der Waals surface area contributed by atoms with E-state index in [1.807, 2.05) is 19.1 Å². The molecule has 1 N–H and O–H groups in total. The summed E-state index contributed by atoms with van der Waals surface area (Å²) in [5, 5.41) is 3.81. The van der Waals surface area contributed by atoms with Crippen LogP contribution in [0.1, 0.15) is 11.3 Å². The van der Waals surface area contributed by atoms with Crippen LogP contribution in [-0.4, -0.2) is 9.37 Å². The van der Waals surface area contributed by atoms with Gasteiger partial charge in [-0.25, -0.2) is 4.21 Å². The first-order valence-electron chi connectivity index (χ1n) is 6.51. The zero-order chi connectivity index (χ0) is 15.7. The summed E-state index contributed by atoms with van der Waals surface area (Å²) in [7, 11) is -1.38. The van der Waals surface area contributed by atoms with Crippen LogP contribution in [0.15, 0.2) is 49.6 Å². The molecule has 0 amide bonds. The first-order chi connectivity index (χ1) is 10.5. The third kappa shape index (κ3) is 3.16. The highest BCUT2D eigenvalue weighted by atomic mass is 79.9. The third-order valence-corrected chi connectivity index (χ3v) is 6.52. The minimum absolute atomic E-state index is 0.376. The molecule has 3 aromatic rings. The van der Waals surface area contributed by atoms with E-state index in [9.17, 15) is 4.21 Å². The second-order valence-electron chi connectivity index (χ2n) is 4.77. The fourth-order valence-corrected chi connectivity index (χ4v) is 4.26. The van der Waals surface area contributed by atoms with Crippen LogP contribution in [0, 0.1) is 13.8 Å². The number of nitrogens with zero attached hydrogens (tertiary/aromatic N) is 1. The monoisotopic (exact) mass is 396 g/mol. The maximum absolute atomic E-state index is 12.4. The lowest BCUT2D eigenvalue weighted by Gasteiger charge is -2.00. The summed E-state index contributed by atoms with van der Waals surface area (Å²) in [5.74, 6) is 0.376. The second-order valence-corrected chi connectivity index (χ2v) is 8.08. The van der Waals surface area contributed by atoms with E-state index in [-0.39, 0.29) is 0 Å². The summed E-state index contributed by atoms with van der Waals surface area (Å²) in [4.78, 5) is 1.08. The van der Waals surface area contributed by atoms with Crippen LogP contribution in [-0.2, 0) is 11.0 Å². The average Bonchev–Trinajstić information content (AvgIpc) is 3.11. The van der Waals surface area contributed by atoms with Crippen LogP contribution in [0.5, 0.6) is 0 Å². The Balaban J connectivity index is 1.80. The van der Waals surface area contributed by atoms with E-state index in [1.165, 1.54) is 16.9 Å². The van der Waals surface area contributed by atoms with Crippen molar-refractivity contribution >= 4 is 44.1 Å². The molecule has 0 bridgehead atoms. The fraction of sp³-hybridized carbons (Fsp3) is 0.133. The van der Waals surface area contributed by atoms with Gasteiger partial charge >= 0.3 is 0 Å². The summed E-state index contributed by atoms with van der Waals surface area (Å²) in [5.41, 5.74) is 3.05. The van der Waals surface area contributed by atoms with Crippen molar-refractivity contribution in [3.05, 3.63) is 52.1 Å². The minimum atomic E-state index is -1.38. The number of nitrogens with one attached hydrogen (secondary N) is 1. The molecule has 0 radical (unpaired) electrons. The largest absolute Gasteiger partial charge is 0.336 e. The summed E-state index contributed by atoms with van der Waals surface area (Å²) < 4.78 is 21.7. The van der Waals surface area contributed by atoms with Crippen molar-refractivity contribution < 1.29 is 8.73 Å². The van der Waals surface area contributed by atoms with E-state index in [2.05, 4.69) is 57.0 Å². The molecule has 0 aliphatic carbocycles. The van der Waals surface area contributed by atoms with Crippen molar-refractivity contribution in [3.8, 4) is 10.4 Å². The molecule has 2 aromatic heterocycles. The van der Waals surface area contributed by atoms with Crippen LogP contribution in [0.25, 0.3) is 10.4 Å². The van der Waals surface area contributed by atoms with E-state index in [0.29, 0.717) is 16.1 Å². The van der Waals surface area contributed by atoms with Crippen LogP contribution in [0.2, 0.25) is 0 Å².